The van der Waals surface area contributed by atoms with Crippen molar-refractivity contribution in [2.75, 3.05) is 13.1 Å². The molecule has 3 aromatic rings. The summed E-state index contributed by atoms with van der Waals surface area (Å²) in [5, 5.41) is 3.79. The van der Waals surface area contributed by atoms with Crippen LogP contribution in [0.2, 0.25) is 0 Å². The Bertz CT molecular complexity index is 1210. The second kappa shape index (κ2) is 10.5. The van der Waals surface area contributed by atoms with Gasteiger partial charge in [0.1, 0.15) is 5.52 Å². The Morgan fingerprint density at radius 2 is 2.03 bits per heavy atom. The van der Waals surface area contributed by atoms with Crippen LogP contribution in [0.25, 0.3) is 11.1 Å². The average Bonchev–Trinajstić information content (AvgIpc) is 3.43. The van der Waals surface area contributed by atoms with Crippen LogP contribution in [0.5, 0.6) is 0 Å². The molecule has 2 aromatic heterocycles. The Hall–Kier alpha value is -2.46. The van der Waals surface area contributed by atoms with E-state index in [1.54, 1.807) is 13.0 Å². The molecule has 1 fully saturated rings. The minimum Gasteiger partial charge on any atom is -0.440 e. The van der Waals surface area contributed by atoms with Gasteiger partial charge in [-0.2, -0.15) is 13.2 Å². The molecule has 5 rings (SSSR count). The summed E-state index contributed by atoms with van der Waals surface area (Å²) in [6.07, 6.45) is 1.08. The molecule has 0 spiro atoms. The minimum absolute atomic E-state index is 0.0197. The van der Waals surface area contributed by atoms with E-state index in [2.05, 4.69) is 20.2 Å². The maximum atomic E-state index is 12.9. The molecule has 36 heavy (non-hydrogen) atoms. The van der Waals surface area contributed by atoms with Crippen molar-refractivity contribution in [3.05, 3.63) is 45.2 Å². The number of hydrogen-bond donors (Lipinski definition) is 1. The van der Waals surface area contributed by atoms with Crippen LogP contribution in [0.4, 0.5) is 13.2 Å². The number of aryl methyl sites for hydroxylation is 2. The molecular formula is C26H31F3N4O2S. The van der Waals surface area contributed by atoms with Gasteiger partial charge >= 0.3 is 6.18 Å². The number of fused-ring (bicyclic) bond motifs is 2. The molecular weight excluding hydrogens is 489 g/mol. The van der Waals surface area contributed by atoms with Crippen molar-refractivity contribution in [1.29, 1.82) is 0 Å². The Balaban J connectivity index is 1.06. The zero-order valence-electron chi connectivity index (χ0n) is 20.4. The van der Waals surface area contributed by atoms with E-state index in [9.17, 15) is 18.0 Å². The lowest BCUT2D eigenvalue weighted by molar-refractivity contribution is -0.134. The molecule has 194 valence electrons. The highest BCUT2D eigenvalue weighted by Crippen LogP contribution is 2.31. The number of nitrogens with zero attached hydrogens (tertiary/aromatic N) is 3. The number of amides is 1. The van der Waals surface area contributed by atoms with Crippen molar-refractivity contribution in [1.82, 2.24) is 20.2 Å². The Kier molecular flexibility index (Phi) is 7.35. The van der Waals surface area contributed by atoms with Crippen LogP contribution < -0.4 is 5.32 Å². The van der Waals surface area contributed by atoms with Gasteiger partial charge in [-0.15, -0.1) is 11.3 Å². The number of carbonyl (C=O) groups excluding carboxylic acids is 1. The standard InChI is InChI=1S/C26H31F3N4O2S/c1-16-30-20-4-2-3-19(24(20)35-16)25(34)31-18-7-5-17(6-8-18)10-13-33-14-11-22-21(15-33)32-23(36-22)9-12-26(27,28)29/h2-4,17-18H,5-15H2,1H3,(H,31,34)/t17-,18-. The van der Waals surface area contributed by atoms with Crippen molar-refractivity contribution in [3.8, 4) is 0 Å². The third kappa shape index (κ3) is 6.08. The molecule has 0 bridgehead atoms. The number of hydrogen-bond acceptors (Lipinski definition) is 6. The number of rotatable bonds is 7. The van der Waals surface area contributed by atoms with Crippen molar-refractivity contribution in [2.24, 2.45) is 5.92 Å². The summed E-state index contributed by atoms with van der Waals surface area (Å²) in [5.74, 6) is 1.06. The zero-order chi connectivity index (χ0) is 25.3. The van der Waals surface area contributed by atoms with Gasteiger partial charge in [-0.05, 0) is 63.1 Å². The number of alkyl halides is 3. The van der Waals surface area contributed by atoms with Crippen LogP contribution in [-0.4, -0.2) is 46.1 Å². The van der Waals surface area contributed by atoms with Gasteiger partial charge in [-0.25, -0.2) is 9.97 Å². The molecule has 0 radical (unpaired) electrons. The van der Waals surface area contributed by atoms with E-state index >= 15 is 0 Å². The fourth-order valence-electron chi connectivity index (χ4n) is 5.32. The first-order valence-corrected chi connectivity index (χ1v) is 13.5. The monoisotopic (exact) mass is 520 g/mol. The van der Waals surface area contributed by atoms with Crippen molar-refractivity contribution >= 4 is 28.3 Å². The number of para-hydroxylation sites is 1. The largest absolute Gasteiger partial charge is 0.440 e. The Morgan fingerprint density at radius 1 is 1.22 bits per heavy atom. The summed E-state index contributed by atoms with van der Waals surface area (Å²) >= 11 is 1.45. The summed E-state index contributed by atoms with van der Waals surface area (Å²) in [6, 6.07) is 5.61. The number of carbonyl (C=O) groups is 1. The number of thiazole rings is 1. The first-order chi connectivity index (χ1) is 17.2. The van der Waals surface area contributed by atoms with Gasteiger partial charge < -0.3 is 9.73 Å². The second-order valence-electron chi connectivity index (χ2n) is 9.99. The summed E-state index contributed by atoms with van der Waals surface area (Å²) in [6.45, 7) is 4.42. The topological polar surface area (TPSA) is 71.3 Å². The highest BCUT2D eigenvalue weighted by molar-refractivity contribution is 7.11. The first-order valence-electron chi connectivity index (χ1n) is 12.7. The van der Waals surface area contributed by atoms with Crippen LogP contribution >= 0.6 is 11.3 Å². The van der Waals surface area contributed by atoms with Crippen molar-refractivity contribution in [2.45, 2.75) is 77.1 Å². The minimum atomic E-state index is -4.13. The predicted molar refractivity (Wildman–Crippen MR) is 132 cm³/mol. The van der Waals surface area contributed by atoms with E-state index in [0.29, 0.717) is 33.5 Å². The summed E-state index contributed by atoms with van der Waals surface area (Å²) < 4.78 is 43.2. The number of halogens is 3. The molecule has 0 unspecified atom stereocenters. The lowest BCUT2D eigenvalue weighted by Crippen LogP contribution is -2.38. The number of nitrogens with one attached hydrogen (secondary N) is 1. The maximum Gasteiger partial charge on any atom is 0.389 e. The Labute approximate surface area is 212 Å². The molecule has 1 aliphatic carbocycles. The number of oxazole rings is 1. The molecule has 1 saturated carbocycles. The SMILES string of the molecule is Cc1nc2cccc(C(=O)N[C@H]3CC[C@H](CCN4CCc5sc(CCC(F)(F)F)nc5C4)CC3)c2o1. The first kappa shape index (κ1) is 25.2. The summed E-state index contributed by atoms with van der Waals surface area (Å²) in [4.78, 5) is 25.2. The molecule has 2 aliphatic rings. The average molecular weight is 521 g/mol. The van der Waals surface area contributed by atoms with Gasteiger partial charge in [0, 0.05) is 43.8 Å². The zero-order valence-corrected chi connectivity index (χ0v) is 21.2. The smallest absolute Gasteiger partial charge is 0.389 e. The quantitative estimate of drug-likeness (QED) is 0.425. The predicted octanol–water partition coefficient (Wildman–Crippen LogP) is 5.82. The van der Waals surface area contributed by atoms with Crippen LogP contribution in [0, 0.1) is 12.8 Å². The van der Waals surface area contributed by atoms with Gasteiger partial charge in [0.15, 0.2) is 11.5 Å². The summed E-state index contributed by atoms with van der Waals surface area (Å²) in [7, 11) is 0. The molecule has 1 amide bonds. The van der Waals surface area contributed by atoms with Crippen LogP contribution in [0.3, 0.4) is 0 Å². The van der Waals surface area contributed by atoms with E-state index in [1.165, 1.54) is 11.3 Å². The molecule has 1 aromatic carbocycles. The van der Waals surface area contributed by atoms with E-state index in [4.69, 9.17) is 4.42 Å². The van der Waals surface area contributed by atoms with Crippen LogP contribution in [0.15, 0.2) is 22.6 Å². The molecule has 10 heteroatoms. The van der Waals surface area contributed by atoms with Crippen molar-refractivity contribution < 1.29 is 22.4 Å². The van der Waals surface area contributed by atoms with E-state index in [0.717, 1.165) is 68.7 Å². The number of aromatic nitrogens is 2. The highest BCUT2D eigenvalue weighted by Gasteiger charge is 2.29. The third-order valence-electron chi connectivity index (χ3n) is 7.28. The van der Waals surface area contributed by atoms with Crippen molar-refractivity contribution in [3.63, 3.8) is 0 Å². The van der Waals surface area contributed by atoms with Crippen LogP contribution in [-0.2, 0) is 19.4 Å². The van der Waals surface area contributed by atoms with E-state index in [1.807, 2.05) is 12.1 Å². The Morgan fingerprint density at radius 3 is 2.81 bits per heavy atom. The molecule has 3 heterocycles. The molecule has 0 atom stereocenters. The van der Waals surface area contributed by atoms with E-state index in [-0.39, 0.29) is 18.4 Å². The number of benzene rings is 1. The highest BCUT2D eigenvalue weighted by atomic mass is 32.1. The molecule has 1 aliphatic heterocycles. The lowest BCUT2D eigenvalue weighted by Gasteiger charge is -2.32. The molecule has 6 nitrogen and oxygen atoms in total. The second-order valence-corrected chi connectivity index (χ2v) is 11.2. The van der Waals surface area contributed by atoms with Gasteiger partial charge in [0.2, 0.25) is 0 Å². The fourth-order valence-corrected chi connectivity index (χ4v) is 6.38. The van der Waals surface area contributed by atoms with Gasteiger partial charge in [0.05, 0.1) is 16.3 Å². The van der Waals surface area contributed by atoms with Gasteiger partial charge in [-0.1, -0.05) is 6.07 Å². The van der Waals surface area contributed by atoms with Gasteiger partial charge in [0.25, 0.3) is 5.91 Å². The maximum absolute atomic E-state index is 12.9. The lowest BCUT2D eigenvalue weighted by atomic mass is 9.84. The third-order valence-corrected chi connectivity index (χ3v) is 8.49. The van der Waals surface area contributed by atoms with E-state index < -0.39 is 12.6 Å². The normalized spacial score (nSPS) is 21.0. The fraction of sp³-hybridized carbons (Fsp3) is 0.577. The van der Waals surface area contributed by atoms with Crippen LogP contribution in [0.1, 0.15) is 70.4 Å². The molecule has 0 saturated heterocycles. The van der Waals surface area contributed by atoms with Gasteiger partial charge in [-0.3, -0.25) is 9.69 Å². The summed E-state index contributed by atoms with van der Waals surface area (Å²) in [5.41, 5.74) is 2.73. The molecule has 1 N–H and O–H groups in total.